The number of aromatic amines is 1. The van der Waals surface area contributed by atoms with Crippen LogP contribution in [0.4, 0.5) is 5.69 Å². The number of aromatic nitrogens is 5. The van der Waals surface area contributed by atoms with Crippen molar-refractivity contribution in [2.24, 2.45) is 0 Å². The third-order valence-electron chi connectivity index (χ3n) is 5.32. The summed E-state index contributed by atoms with van der Waals surface area (Å²) in [6.07, 6.45) is 9.18. The summed E-state index contributed by atoms with van der Waals surface area (Å²) in [7, 11) is 0. The Kier molecular flexibility index (Phi) is 5.24. The van der Waals surface area contributed by atoms with Gasteiger partial charge in [-0.15, -0.1) is 0 Å². The molecule has 3 N–H and O–H groups in total. The van der Waals surface area contributed by atoms with Crippen LogP contribution in [0, 0.1) is 18.3 Å². The van der Waals surface area contributed by atoms with E-state index in [2.05, 4.69) is 41.0 Å². The number of pyridine rings is 2. The molecule has 0 radical (unpaired) electrons. The molecule has 0 saturated heterocycles. The Labute approximate surface area is 183 Å². The number of rotatable bonds is 6. The molecule has 0 aromatic carbocycles. The number of anilines is 1. The average molecular weight is 429 g/mol. The molecule has 1 aliphatic rings. The Morgan fingerprint density at radius 3 is 2.84 bits per heavy atom. The fraction of sp³-hybridized carbons (Fsp3) is 0.227. The van der Waals surface area contributed by atoms with E-state index in [-0.39, 0.29) is 0 Å². The Morgan fingerprint density at radius 1 is 1.13 bits per heavy atom. The first kappa shape index (κ1) is 19.5. The molecular formula is C22H20N8S. The van der Waals surface area contributed by atoms with Crippen LogP contribution in [0.3, 0.4) is 0 Å². The van der Waals surface area contributed by atoms with Gasteiger partial charge in [-0.3, -0.25) is 4.72 Å². The third-order valence-corrected chi connectivity index (χ3v) is 6.20. The predicted octanol–water partition coefficient (Wildman–Crippen LogP) is 3.83. The molecule has 0 unspecified atom stereocenters. The molecule has 0 aliphatic heterocycles. The SMILES string of the molecule is Cc1nccc(-c2cnc3[nH]ccc3c2NC2CC(NSc3cc(C#N)ccn3)C2)n1. The van der Waals surface area contributed by atoms with E-state index in [9.17, 15) is 0 Å². The van der Waals surface area contributed by atoms with Crippen molar-refractivity contribution in [3.63, 3.8) is 0 Å². The van der Waals surface area contributed by atoms with E-state index in [0.29, 0.717) is 17.6 Å². The van der Waals surface area contributed by atoms with Crippen LogP contribution in [0.25, 0.3) is 22.3 Å². The van der Waals surface area contributed by atoms with Gasteiger partial charge in [0.05, 0.1) is 23.0 Å². The Bertz CT molecular complexity index is 1270. The molecule has 4 aromatic heterocycles. The van der Waals surface area contributed by atoms with Gasteiger partial charge in [-0.25, -0.2) is 19.9 Å². The first-order valence-corrected chi connectivity index (χ1v) is 10.8. The molecule has 0 bridgehead atoms. The Hall–Kier alpha value is -3.48. The number of H-pyrrole nitrogens is 1. The Balaban J connectivity index is 1.29. The predicted molar refractivity (Wildman–Crippen MR) is 120 cm³/mol. The molecule has 4 aromatic rings. The highest BCUT2D eigenvalue weighted by atomic mass is 32.2. The molecule has 0 spiro atoms. The molecule has 0 atom stereocenters. The number of hydrogen-bond acceptors (Lipinski definition) is 8. The summed E-state index contributed by atoms with van der Waals surface area (Å²) in [5.41, 5.74) is 4.35. The van der Waals surface area contributed by atoms with Crippen LogP contribution in [-0.4, -0.2) is 37.0 Å². The lowest BCUT2D eigenvalue weighted by molar-refractivity contribution is 0.355. The van der Waals surface area contributed by atoms with E-state index in [0.717, 1.165) is 51.7 Å². The zero-order valence-electron chi connectivity index (χ0n) is 16.8. The summed E-state index contributed by atoms with van der Waals surface area (Å²) in [6, 6.07) is 10.3. The third kappa shape index (κ3) is 4.08. The van der Waals surface area contributed by atoms with Gasteiger partial charge in [0.15, 0.2) is 0 Å². The number of hydrogen-bond donors (Lipinski definition) is 3. The van der Waals surface area contributed by atoms with Crippen LogP contribution in [0.15, 0.2) is 54.1 Å². The minimum Gasteiger partial charge on any atom is -0.381 e. The van der Waals surface area contributed by atoms with E-state index in [1.165, 1.54) is 11.9 Å². The fourth-order valence-electron chi connectivity index (χ4n) is 3.68. The van der Waals surface area contributed by atoms with Gasteiger partial charge in [0, 0.05) is 47.8 Å². The van der Waals surface area contributed by atoms with Crippen LogP contribution in [0.1, 0.15) is 24.2 Å². The van der Waals surface area contributed by atoms with Crippen molar-refractivity contribution in [3.05, 3.63) is 60.4 Å². The zero-order valence-corrected chi connectivity index (χ0v) is 17.6. The van der Waals surface area contributed by atoms with Gasteiger partial charge < -0.3 is 10.3 Å². The van der Waals surface area contributed by atoms with Crippen molar-refractivity contribution in [2.75, 3.05) is 5.32 Å². The molecule has 31 heavy (non-hydrogen) atoms. The van der Waals surface area contributed by atoms with Crippen molar-refractivity contribution in [1.82, 2.24) is 29.6 Å². The maximum Gasteiger partial charge on any atom is 0.139 e. The molecule has 0 amide bonds. The number of nitrogens with one attached hydrogen (secondary N) is 3. The van der Waals surface area contributed by atoms with E-state index in [1.807, 2.05) is 31.5 Å². The Morgan fingerprint density at radius 2 is 2.00 bits per heavy atom. The van der Waals surface area contributed by atoms with Gasteiger partial charge in [0.1, 0.15) is 16.5 Å². The summed E-state index contributed by atoms with van der Waals surface area (Å²) in [5, 5.41) is 14.6. The van der Waals surface area contributed by atoms with Crippen molar-refractivity contribution in [2.45, 2.75) is 36.9 Å². The van der Waals surface area contributed by atoms with Gasteiger partial charge >= 0.3 is 0 Å². The monoisotopic (exact) mass is 428 g/mol. The summed E-state index contributed by atoms with van der Waals surface area (Å²) in [5.74, 6) is 0.733. The van der Waals surface area contributed by atoms with Crippen molar-refractivity contribution < 1.29 is 0 Å². The van der Waals surface area contributed by atoms with Crippen LogP contribution in [0.5, 0.6) is 0 Å². The second-order valence-corrected chi connectivity index (χ2v) is 8.36. The molecule has 1 aliphatic carbocycles. The number of aryl methyl sites for hydroxylation is 1. The highest BCUT2D eigenvalue weighted by Crippen LogP contribution is 2.36. The number of nitrogens with zero attached hydrogens (tertiary/aromatic N) is 5. The molecular weight excluding hydrogens is 408 g/mol. The van der Waals surface area contributed by atoms with Crippen LogP contribution in [-0.2, 0) is 0 Å². The average Bonchev–Trinajstić information content (AvgIpc) is 3.24. The van der Waals surface area contributed by atoms with Gasteiger partial charge in [-0.1, -0.05) is 0 Å². The molecule has 5 rings (SSSR count). The van der Waals surface area contributed by atoms with Gasteiger partial charge in [-0.2, -0.15) is 5.26 Å². The minimum atomic E-state index is 0.346. The topological polar surface area (TPSA) is 115 Å². The van der Waals surface area contributed by atoms with E-state index in [4.69, 9.17) is 5.26 Å². The molecule has 1 fully saturated rings. The van der Waals surface area contributed by atoms with E-state index >= 15 is 0 Å². The maximum atomic E-state index is 9.02. The fourth-order valence-corrected chi connectivity index (χ4v) is 4.46. The molecule has 8 nitrogen and oxygen atoms in total. The van der Waals surface area contributed by atoms with Crippen LogP contribution in [0.2, 0.25) is 0 Å². The zero-order chi connectivity index (χ0) is 21.2. The lowest BCUT2D eigenvalue weighted by Gasteiger charge is -2.37. The normalized spacial score (nSPS) is 17.8. The maximum absolute atomic E-state index is 9.02. The van der Waals surface area contributed by atoms with Crippen molar-refractivity contribution in [1.29, 1.82) is 5.26 Å². The standard InChI is InChI=1S/C22H20N8S/c1-13-24-7-4-19(28-13)18-12-27-22-17(3-6-26-22)21(18)29-15-9-16(10-15)30-31-20-8-14(11-23)2-5-25-20/h2-8,12,15-16,30H,9-10H2,1H3,(H2,26,27,29). The van der Waals surface area contributed by atoms with Crippen molar-refractivity contribution >= 4 is 28.7 Å². The summed E-state index contributed by atoms with van der Waals surface area (Å²) in [6.45, 7) is 1.89. The second-order valence-electron chi connectivity index (χ2n) is 7.50. The highest BCUT2D eigenvalue weighted by molar-refractivity contribution is 7.97. The molecule has 4 heterocycles. The largest absolute Gasteiger partial charge is 0.381 e. The van der Waals surface area contributed by atoms with Gasteiger partial charge in [-0.05, 0) is 56.0 Å². The van der Waals surface area contributed by atoms with E-state index < -0.39 is 0 Å². The molecule has 1 saturated carbocycles. The first-order valence-electron chi connectivity index (χ1n) is 10.0. The van der Waals surface area contributed by atoms with Crippen LogP contribution >= 0.6 is 11.9 Å². The van der Waals surface area contributed by atoms with Gasteiger partial charge in [0.2, 0.25) is 0 Å². The highest BCUT2D eigenvalue weighted by Gasteiger charge is 2.30. The second kappa shape index (κ2) is 8.34. The smallest absolute Gasteiger partial charge is 0.139 e. The quantitative estimate of drug-likeness (QED) is 0.397. The molecule has 154 valence electrons. The number of nitriles is 1. The lowest BCUT2D eigenvalue weighted by atomic mass is 9.87. The van der Waals surface area contributed by atoms with E-state index in [1.54, 1.807) is 24.5 Å². The minimum absolute atomic E-state index is 0.346. The van der Waals surface area contributed by atoms with Crippen LogP contribution < -0.4 is 10.0 Å². The summed E-state index contributed by atoms with van der Waals surface area (Å²) in [4.78, 5) is 20.8. The lowest BCUT2D eigenvalue weighted by Crippen LogP contribution is -2.45. The van der Waals surface area contributed by atoms with Crippen molar-refractivity contribution in [3.8, 4) is 17.3 Å². The first-order chi connectivity index (χ1) is 15.2. The molecule has 9 heteroatoms. The van der Waals surface area contributed by atoms with Gasteiger partial charge in [0.25, 0.3) is 0 Å². The summed E-state index contributed by atoms with van der Waals surface area (Å²) < 4.78 is 3.45. The summed E-state index contributed by atoms with van der Waals surface area (Å²) >= 11 is 1.48. The number of fused-ring (bicyclic) bond motifs is 1.